The summed E-state index contributed by atoms with van der Waals surface area (Å²) in [6.45, 7) is 1.61. The standard InChI is InChI=1S/C27H24N2O5/c1-17(26(31)32)28-25(30)15-12-18-10-13-19(14-11-18)29-27(33)34-16-24-22-8-4-2-6-20(22)21-7-3-5-9-23(21)24/h2-15,17,24H,16H2,1H3,(H,28,30)(H,29,33)(H,31,32)/b15-12+/t17-/m1/s1. The lowest BCUT2D eigenvalue weighted by molar-refractivity contribution is -0.140. The molecule has 34 heavy (non-hydrogen) atoms. The third kappa shape index (κ3) is 5.15. The molecule has 0 bridgehead atoms. The Morgan fingerprint density at radius 2 is 1.53 bits per heavy atom. The van der Waals surface area contributed by atoms with Gasteiger partial charge in [-0.05, 0) is 52.9 Å². The molecule has 0 fully saturated rings. The lowest BCUT2D eigenvalue weighted by Gasteiger charge is -2.14. The van der Waals surface area contributed by atoms with Gasteiger partial charge >= 0.3 is 12.1 Å². The van der Waals surface area contributed by atoms with Crippen LogP contribution in [0.25, 0.3) is 17.2 Å². The van der Waals surface area contributed by atoms with Crippen molar-refractivity contribution in [2.45, 2.75) is 18.9 Å². The van der Waals surface area contributed by atoms with Crippen LogP contribution in [-0.2, 0) is 14.3 Å². The molecule has 0 aromatic heterocycles. The number of hydrogen-bond donors (Lipinski definition) is 3. The monoisotopic (exact) mass is 456 g/mol. The van der Waals surface area contributed by atoms with Gasteiger partial charge in [0.15, 0.2) is 0 Å². The van der Waals surface area contributed by atoms with Crippen LogP contribution in [0.5, 0.6) is 0 Å². The van der Waals surface area contributed by atoms with Crippen molar-refractivity contribution in [1.29, 1.82) is 0 Å². The molecule has 1 aliphatic rings. The Hall–Kier alpha value is -4.39. The molecular weight excluding hydrogens is 432 g/mol. The second-order valence-electron chi connectivity index (χ2n) is 7.97. The van der Waals surface area contributed by atoms with E-state index in [-0.39, 0.29) is 12.5 Å². The van der Waals surface area contributed by atoms with Gasteiger partial charge in [-0.2, -0.15) is 0 Å². The molecule has 0 spiro atoms. The molecule has 0 saturated carbocycles. The fourth-order valence-corrected chi connectivity index (χ4v) is 3.93. The summed E-state index contributed by atoms with van der Waals surface area (Å²) in [6, 6.07) is 22.2. The fourth-order valence-electron chi connectivity index (χ4n) is 3.93. The van der Waals surface area contributed by atoms with Crippen LogP contribution in [0, 0.1) is 0 Å². The van der Waals surface area contributed by atoms with Crippen LogP contribution in [-0.4, -0.2) is 35.7 Å². The number of carbonyl (C=O) groups excluding carboxylic acids is 2. The second kappa shape index (κ2) is 10.0. The number of aliphatic carboxylic acids is 1. The number of hydrogen-bond acceptors (Lipinski definition) is 4. The molecule has 2 amide bonds. The normalized spacial score (nSPS) is 13.1. The average Bonchev–Trinajstić information content (AvgIpc) is 3.16. The van der Waals surface area contributed by atoms with Crippen LogP contribution in [0.3, 0.4) is 0 Å². The first-order valence-corrected chi connectivity index (χ1v) is 10.9. The molecule has 3 N–H and O–H groups in total. The zero-order chi connectivity index (χ0) is 24.1. The van der Waals surface area contributed by atoms with E-state index < -0.39 is 24.0 Å². The Labute approximate surface area is 197 Å². The number of benzene rings is 3. The Bertz CT molecular complexity index is 1200. The summed E-state index contributed by atoms with van der Waals surface area (Å²) >= 11 is 0. The predicted octanol–water partition coefficient (Wildman–Crippen LogP) is 4.65. The van der Waals surface area contributed by atoms with Crippen molar-refractivity contribution in [2.75, 3.05) is 11.9 Å². The van der Waals surface area contributed by atoms with E-state index in [1.54, 1.807) is 30.3 Å². The van der Waals surface area contributed by atoms with Gasteiger partial charge in [-0.15, -0.1) is 0 Å². The first-order chi connectivity index (χ1) is 16.4. The number of carboxylic acids is 1. The highest BCUT2D eigenvalue weighted by Crippen LogP contribution is 2.44. The van der Waals surface area contributed by atoms with Crippen molar-refractivity contribution < 1.29 is 24.2 Å². The summed E-state index contributed by atoms with van der Waals surface area (Å²) in [5.41, 5.74) is 5.90. The van der Waals surface area contributed by atoms with Crippen LogP contribution in [0.15, 0.2) is 78.9 Å². The molecular formula is C27H24N2O5. The van der Waals surface area contributed by atoms with Crippen LogP contribution in [0.1, 0.15) is 29.5 Å². The van der Waals surface area contributed by atoms with Crippen molar-refractivity contribution in [2.24, 2.45) is 0 Å². The number of carboxylic acid groups (broad SMARTS) is 1. The average molecular weight is 456 g/mol. The highest BCUT2D eigenvalue weighted by Gasteiger charge is 2.29. The second-order valence-corrected chi connectivity index (χ2v) is 7.97. The molecule has 172 valence electrons. The van der Waals surface area contributed by atoms with E-state index in [4.69, 9.17) is 9.84 Å². The first kappa shape index (κ1) is 22.8. The van der Waals surface area contributed by atoms with Gasteiger partial charge in [0.2, 0.25) is 5.91 Å². The van der Waals surface area contributed by atoms with E-state index in [1.165, 1.54) is 24.1 Å². The minimum Gasteiger partial charge on any atom is -0.480 e. The van der Waals surface area contributed by atoms with Crippen LogP contribution >= 0.6 is 0 Å². The van der Waals surface area contributed by atoms with E-state index in [2.05, 4.69) is 34.9 Å². The Morgan fingerprint density at radius 3 is 2.12 bits per heavy atom. The molecule has 7 heteroatoms. The van der Waals surface area contributed by atoms with Gasteiger partial charge in [0.25, 0.3) is 0 Å². The summed E-state index contributed by atoms with van der Waals surface area (Å²) < 4.78 is 5.54. The van der Waals surface area contributed by atoms with Gasteiger partial charge in [-0.25, -0.2) is 4.79 Å². The number of amides is 2. The van der Waals surface area contributed by atoms with Gasteiger partial charge in [0.1, 0.15) is 12.6 Å². The Balaban J connectivity index is 1.32. The maximum Gasteiger partial charge on any atom is 0.411 e. The number of ether oxygens (including phenoxy) is 1. The summed E-state index contributed by atoms with van der Waals surface area (Å²) in [6.07, 6.45) is 2.26. The largest absolute Gasteiger partial charge is 0.480 e. The molecule has 7 nitrogen and oxygen atoms in total. The van der Waals surface area contributed by atoms with E-state index >= 15 is 0 Å². The quantitative estimate of drug-likeness (QED) is 0.449. The minimum atomic E-state index is -1.11. The van der Waals surface area contributed by atoms with E-state index in [0.29, 0.717) is 5.69 Å². The highest BCUT2D eigenvalue weighted by atomic mass is 16.5. The molecule has 0 heterocycles. The summed E-state index contributed by atoms with van der Waals surface area (Å²) in [5.74, 6) is -1.62. The minimum absolute atomic E-state index is 0.0133. The van der Waals surface area contributed by atoms with Gasteiger partial charge in [-0.1, -0.05) is 60.7 Å². The van der Waals surface area contributed by atoms with Gasteiger partial charge in [0, 0.05) is 17.7 Å². The lowest BCUT2D eigenvalue weighted by atomic mass is 9.98. The Kier molecular flexibility index (Phi) is 6.73. The maximum atomic E-state index is 12.4. The highest BCUT2D eigenvalue weighted by molar-refractivity contribution is 5.94. The zero-order valence-corrected chi connectivity index (χ0v) is 18.5. The van der Waals surface area contributed by atoms with Crippen LogP contribution in [0.2, 0.25) is 0 Å². The van der Waals surface area contributed by atoms with Crippen molar-refractivity contribution >= 4 is 29.7 Å². The molecule has 0 aliphatic heterocycles. The number of carbonyl (C=O) groups is 3. The van der Waals surface area contributed by atoms with Gasteiger partial charge in [-0.3, -0.25) is 14.9 Å². The summed E-state index contributed by atoms with van der Waals surface area (Å²) in [5, 5.41) is 13.9. The summed E-state index contributed by atoms with van der Waals surface area (Å²) in [7, 11) is 0. The molecule has 0 unspecified atom stereocenters. The molecule has 0 radical (unpaired) electrons. The van der Waals surface area contributed by atoms with Crippen molar-refractivity contribution in [1.82, 2.24) is 5.32 Å². The number of anilines is 1. The molecule has 3 aromatic rings. The molecule has 1 aliphatic carbocycles. The zero-order valence-electron chi connectivity index (χ0n) is 18.5. The van der Waals surface area contributed by atoms with E-state index in [1.807, 2.05) is 24.3 Å². The third-order valence-electron chi connectivity index (χ3n) is 5.66. The SMILES string of the molecule is C[C@@H](NC(=O)/C=C/c1ccc(NC(=O)OCC2c3ccccc3-c3ccccc32)cc1)C(=O)O. The number of nitrogens with one attached hydrogen (secondary N) is 2. The van der Waals surface area contributed by atoms with Crippen LogP contribution in [0.4, 0.5) is 10.5 Å². The topological polar surface area (TPSA) is 105 Å². The lowest BCUT2D eigenvalue weighted by Crippen LogP contribution is -2.37. The Morgan fingerprint density at radius 1 is 0.941 bits per heavy atom. The van der Waals surface area contributed by atoms with Gasteiger partial charge in [0.05, 0.1) is 0 Å². The van der Waals surface area contributed by atoms with Crippen LogP contribution < -0.4 is 10.6 Å². The molecule has 3 aromatic carbocycles. The molecule has 0 saturated heterocycles. The first-order valence-electron chi connectivity index (χ1n) is 10.9. The van der Waals surface area contributed by atoms with E-state index in [9.17, 15) is 14.4 Å². The maximum absolute atomic E-state index is 12.4. The van der Waals surface area contributed by atoms with Crippen molar-refractivity contribution in [3.8, 4) is 11.1 Å². The fraction of sp³-hybridized carbons (Fsp3) is 0.148. The van der Waals surface area contributed by atoms with Crippen molar-refractivity contribution in [3.05, 3.63) is 95.6 Å². The third-order valence-corrected chi connectivity index (χ3v) is 5.66. The molecule has 1 atom stereocenters. The summed E-state index contributed by atoms with van der Waals surface area (Å²) in [4.78, 5) is 34.9. The smallest absolute Gasteiger partial charge is 0.411 e. The van der Waals surface area contributed by atoms with E-state index in [0.717, 1.165) is 16.7 Å². The molecule has 4 rings (SSSR count). The van der Waals surface area contributed by atoms with Crippen molar-refractivity contribution in [3.63, 3.8) is 0 Å². The predicted molar refractivity (Wildman–Crippen MR) is 129 cm³/mol. The number of rotatable bonds is 7. The number of fused-ring (bicyclic) bond motifs is 3. The van der Waals surface area contributed by atoms with Gasteiger partial charge < -0.3 is 15.2 Å².